The van der Waals surface area contributed by atoms with Gasteiger partial charge in [0, 0.05) is 30.6 Å². The van der Waals surface area contributed by atoms with E-state index < -0.39 is 0 Å². The van der Waals surface area contributed by atoms with Gasteiger partial charge in [0.1, 0.15) is 0 Å². The van der Waals surface area contributed by atoms with Crippen molar-refractivity contribution in [2.75, 3.05) is 20.3 Å². The molecular weight excluding hydrogens is 366 g/mol. The molecule has 1 aliphatic rings. The zero-order valence-electron chi connectivity index (χ0n) is 17.7. The van der Waals surface area contributed by atoms with Gasteiger partial charge in [-0.05, 0) is 56.5 Å². The Kier molecular flexibility index (Phi) is 6.32. The quantitative estimate of drug-likeness (QED) is 0.654. The van der Waals surface area contributed by atoms with Gasteiger partial charge in [-0.25, -0.2) is 4.98 Å². The number of benzene rings is 1. The SMILES string of the molecule is C/C=C(\C=N/C)N1Cc2cc(-c3cnc(OCC)c(OCC)c3)cc(C)c2C1=O. The summed E-state index contributed by atoms with van der Waals surface area (Å²) in [5, 5.41) is 0. The Hall–Kier alpha value is -3.15. The molecule has 0 saturated carbocycles. The molecule has 0 saturated heterocycles. The number of fused-ring (bicyclic) bond motifs is 1. The lowest BCUT2D eigenvalue weighted by Gasteiger charge is -2.15. The van der Waals surface area contributed by atoms with Crippen molar-refractivity contribution in [2.45, 2.75) is 34.2 Å². The summed E-state index contributed by atoms with van der Waals surface area (Å²) in [5.41, 5.74) is 5.44. The van der Waals surface area contributed by atoms with Crippen LogP contribution in [-0.2, 0) is 6.54 Å². The smallest absolute Gasteiger partial charge is 0.259 e. The van der Waals surface area contributed by atoms with Crippen LogP contribution in [0.15, 0.2) is 41.2 Å². The van der Waals surface area contributed by atoms with E-state index in [4.69, 9.17) is 9.47 Å². The molecule has 0 radical (unpaired) electrons. The van der Waals surface area contributed by atoms with E-state index in [1.54, 1.807) is 24.4 Å². The molecule has 0 spiro atoms. The number of carbonyl (C=O) groups excluding carboxylic acids is 1. The average molecular weight is 393 g/mol. The lowest BCUT2D eigenvalue weighted by atomic mass is 9.97. The van der Waals surface area contributed by atoms with Crippen molar-refractivity contribution < 1.29 is 14.3 Å². The number of amides is 1. The summed E-state index contributed by atoms with van der Waals surface area (Å²) in [6, 6.07) is 6.03. The van der Waals surface area contributed by atoms with E-state index in [2.05, 4.69) is 16.0 Å². The molecule has 1 aromatic carbocycles. The second kappa shape index (κ2) is 8.90. The van der Waals surface area contributed by atoms with Gasteiger partial charge in [-0.1, -0.05) is 12.1 Å². The molecule has 0 aliphatic carbocycles. The summed E-state index contributed by atoms with van der Waals surface area (Å²) < 4.78 is 11.3. The van der Waals surface area contributed by atoms with Crippen molar-refractivity contribution in [2.24, 2.45) is 4.99 Å². The van der Waals surface area contributed by atoms with Crippen LogP contribution in [-0.4, -0.2) is 42.3 Å². The second-order valence-electron chi connectivity index (χ2n) is 6.71. The molecule has 3 rings (SSSR count). The van der Waals surface area contributed by atoms with Crippen LogP contribution in [0.5, 0.6) is 11.6 Å². The number of rotatable bonds is 7. The average Bonchev–Trinajstić information content (AvgIpc) is 3.04. The molecule has 0 fully saturated rings. The Balaban J connectivity index is 2.01. The highest BCUT2D eigenvalue weighted by atomic mass is 16.5. The lowest BCUT2D eigenvalue weighted by Crippen LogP contribution is -2.24. The fraction of sp³-hybridized carbons (Fsp3) is 0.348. The fourth-order valence-electron chi connectivity index (χ4n) is 3.57. The van der Waals surface area contributed by atoms with Crippen LogP contribution in [0.2, 0.25) is 0 Å². The third kappa shape index (κ3) is 4.01. The van der Waals surface area contributed by atoms with Crippen molar-refractivity contribution in [1.82, 2.24) is 9.88 Å². The minimum absolute atomic E-state index is 0.0110. The van der Waals surface area contributed by atoms with Gasteiger partial charge in [0.25, 0.3) is 11.8 Å². The highest BCUT2D eigenvalue weighted by Crippen LogP contribution is 2.35. The first-order chi connectivity index (χ1) is 14.0. The summed E-state index contributed by atoms with van der Waals surface area (Å²) in [6.45, 7) is 9.31. The minimum atomic E-state index is 0.0110. The third-order valence-electron chi connectivity index (χ3n) is 4.81. The number of aryl methyl sites for hydroxylation is 1. The van der Waals surface area contributed by atoms with Crippen molar-refractivity contribution >= 4 is 12.1 Å². The number of ether oxygens (including phenoxy) is 2. The van der Waals surface area contributed by atoms with E-state index in [-0.39, 0.29) is 5.91 Å². The Morgan fingerprint density at radius 2 is 1.97 bits per heavy atom. The topological polar surface area (TPSA) is 64.0 Å². The van der Waals surface area contributed by atoms with Gasteiger partial charge in [-0.15, -0.1) is 0 Å². The van der Waals surface area contributed by atoms with E-state index in [0.29, 0.717) is 31.4 Å². The zero-order valence-corrected chi connectivity index (χ0v) is 17.7. The molecule has 1 amide bonds. The van der Waals surface area contributed by atoms with Gasteiger partial charge in [-0.2, -0.15) is 0 Å². The molecule has 6 heteroatoms. The molecule has 152 valence electrons. The Bertz CT molecular complexity index is 980. The van der Waals surface area contributed by atoms with Gasteiger partial charge < -0.3 is 14.4 Å². The minimum Gasteiger partial charge on any atom is -0.488 e. The lowest BCUT2D eigenvalue weighted by molar-refractivity contribution is 0.0834. The number of hydrogen-bond acceptors (Lipinski definition) is 5. The van der Waals surface area contributed by atoms with E-state index in [0.717, 1.165) is 33.5 Å². The molecular formula is C23H27N3O3. The molecule has 6 nitrogen and oxygen atoms in total. The van der Waals surface area contributed by atoms with Crippen molar-refractivity contribution in [1.29, 1.82) is 0 Å². The first-order valence-corrected chi connectivity index (χ1v) is 9.83. The predicted molar refractivity (Wildman–Crippen MR) is 115 cm³/mol. The van der Waals surface area contributed by atoms with E-state index in [9.17, 15) is 4.79 Å². The third-order valence-corrected chi connectivity index (χ3v) is 4.81. The van der Waals surface area contributed by atoms with Crippen LogP contribution in [0, 0.1) is 6.92 Å². The van der Waals surface area contributed by atoms with Crippen molar-refractivity contribution in [3.8, 4) is 22.8 Å². The zero-order chi connectivity index (χ0) is 21.0. The normalized spacial score (nSPS) is 13.9. The molecule has 0 N–H and O–H groups in total. The number of aliphatic imine (C=N–C) groups is 1. The molecule has 1 aliphatic heterocycles. The predicted octanol–water partition coefficient (Wildman–Crippen LogP) is 4.41. The van der Waals surface area contributed by atoms with Crippen LogP contribution in [0.4, 0.5) is 0 Å². The fourth-order valence-corrected chi connectivity index (χ4v) is 3.57. The molecule has 0 bridgehead atoms. The van der Waals surface area contributed by atoms with Crippen molar-refractivity contribution in [3.63, 3.8) is 0 Å². The van der Waals surface area contributed by atoms with Gasteiger partial charge in [-0.3, -0.25) is 9.79 Å². The summed E-state index contributed by atoms with van der Waals surface area (Å²) in [7, 11) is 1.70. The van der Waals surface area contributed by atoms with Gasteiger partial charge in [0.15, 0.2) is 5.75 Å². The monoisotopic (exact) mass is 393 g/mol. The largest absolute Gasteiger partial charge is 0.488 e. The van der Waals surface area contributed by atoms with E-state index in [1.165, 1.54) is 0 Å². The van der Waals surface area contributed by atoms with Crippen molar-refractivity contribution in [3.05, 3.63) is 52.9 Å². The highest BCUT2D eigenvalue weighted by Gasteiger charge is 2.31. The molecule has 29 heavy (non-hydrogen) atoms. The number of nitrogens with zero attached hydrogens (tertiary/aromatic N) is 3. The van der Waals surface area contributed by atoms with Crippen LogP contribution >= 0.6 is 0 Å². The first kappa shape index (κ1) is 20.6. The number of pyridine rings is 1. The molecule has 1 aromatic heterocycles. The Labute approximate surface area is 171 Å². The highest BCUT2D eigenvalue weighted by molar-refractivity contribution is 6.04. The molecule has 2 heterocycles. The summed E-state index contributed by atoms with van der Waals surface area (Å²) in [6.07, 6.45) is 5.40. The standard InChI is InChI=1S/C23H27N3O3/c1-6-19(13-24-5)26-14-18-10-16(9-15(4)21(18)23(26)27)17-11-20(28-7-2)22(25-12-17)29-8-3/h6,9-13H,7-8,14H2,1-5H3/b19-6+,24-13-. The van der Waals surface area contributed by atoms with E-state index in [1.807, 2.05) is 45.9 Å². The maximum absolute atomic E-state index is 13.0. The summed E-state index contributed by atoms with van der Waals surface area (Å²) in [5.74, 6) is 1.13. The van der Waals surface area contributed by atoms with Crippen LogP contribution in [0.1, 0.15) is 42.3 Å². The Morgan fingerprint density at radius 1 is 1.21 bits per heavy atom. The number of allylic oxidation sites excluding steroid dienone is 2. The molecule has 0 unspecified atom stereocenters. The first-order valence-electron chi connectivity index (χ1n) is 9.83. The number of hydrogen-bond donors (Lipinski definition) is 0. The van der Waals surface area contributed by atoms with Gasteiger partial charge in [0.2, 0.25) is 0 Å². The molecule has 2 aromatic rings. The number of carbonyl (C=O) groups is 1. The maximum Gasteiger partial charge on any atom is 0.259 e. The van der Waals surface area contributed by atoms with Gasteiger partial charge in [0.05, 0.1) is 25.5 Å². The number of aromatic nitrogens is 1. The molecule has 0 atom stereocenters. The van der Waals surface area contributed by atoms with Crippen LogP contribution < -0.4 is 9.47 Å². The second-order valence-corrected chi connectivity index (χ2v) is 6.71. The van der Waals surface area contributed by atoms with Crippen LogP contribution in [0.3, 0.4) is 0 Å². The summed E-state index contributed by atoms with van der Waals surface area (Å²) >= 11 is 0. The van der Waals surface area contributed by atoms with E-state index >= 15 is 0 Å². The maximum atomic E-state index is 13.0. The van der Waals surface area contributed by atoms with Crippen LogP contribution in [0.25, 0.3) is 11.1 Å². The van der Waals surface area contributed by atoms with Gasteiger partial charge >= 0.3 is 0 Å². The summed E-state index contributed by atoms with van der Waals surface area (Å²) in [4.78, 5) is 23.2. The Morgan fingerprint density at radius 3 is 2.62 bits per heavy atom.